The third kappa shape index (κ3) is 3.56. The van der Waals surface area contributed by atoms with E-state index in [1.54, 1.807) is 7.05 Å². The molecule has 0 aliphatic carbocycles. The normalized spacial score (nSPS) is 15.4. The number of benzene rings is 1. The van der Waals surface area contributed by atoms with E-state index in [0.717, 1.165) is 38.1 Å². The number of nitrogens with one attached hydrogen (secondary N) is 2. The Morgan fingerprint density at radius 2 is 1.92 bits per heavy atom. The van der Waals surface area contributed by atoms with Crippen LogP contribution in [-0.2, 0) is 0 Å². The van der Waals surface area contributed by atoms with Crippen molar-refractivity contribution in [3.05, 3.63) is 35.8 Å². The van der Waals surface area contributed by atoms with Crippen molar-refractivity contribution < 1.29 is 4.39 Å². The van der Waals surface area contributed by atoms with Gasteiger partial charge in [0.05, 0.1) is 6.20 Å². The first-order chi connectivity index (χ1) is 11.6. The first-order valence-corrected chi connectivity index (χ1v) is 8.08. The third-order valence-electron chi connectivity index (χ3n) is 4.28. The van der Waals surface area contributed by atoms with Gasteiger partial charge in [0.25, 0.3) is 0 Å². The van der Waals surface area contributed by atoms with Crippen LogP contribution in [0.15, 0.2) is 24.4 Å². The summed E-state index contributed by atoms with van der Waals surface area (Å²) in [7, 11) is 3.78. The van der Waals surface area contributed by atoms with Gasteiger partial charge in [-0.2, -0.15) is 4.98 Å². The van der Waals surface area contributed by atoms with Crippen molar-refractivity contribution in [3.8, 4) is 0 Å². The van der Waals surface area contributed by atoms with E-state index in [2.05, 4.69) is 56.5 Å². The van der Waals surface area contributed by atoms with Gasteiger partial charge in [-0.1, -0.05) is 0 Å². The molecule has 2 heterocycles. The molecule has 0 radical (unpaired) electrons. The first-order valence-electron chi connectivity index (χ1n) is 8.08. The molecular weight excluding hydrogens is 307 g/mol. The van der Waals surface area contributed by atoms with Crippen molar-refractivity contribution in [2.24, 2.45) is 0 Å². The molecule has 1 saturated heterocycles. The maximum Gasteiger partial charge on any atom is 0.229 e. The Morgan fingerprint density at radius 1 is 1.17 bits per heavy atom. The fraction of sp³-hybridized carbons (Fsp3) is 0.412. The molecule has 24 heavy (non-hydrogen) atoms. The van der Waals surface area contributed by atoms with Crippen molar-refractivity contribution in [3.63, 3.8) is 0 Å². The Hall–Kier alpha value is -2.41. The molecule has 128 valence electrons. The Labute approximate surface area is 141 Å². The Bertz CT molecular complexity index is 712. The van der Waals surface area contributed by atoms with Crippen LogP contribution in [0.2, 0.25) is 0 Å². The zero-order valence-corrected chi connectivity index (χ0v) is 14.3. The van der Waals surface area contributed by atoms with Crippen LogP contribution in [0.1, 0.15) is 5.56 Å². The molecule has 0 amide bonds. The average molecular weight is 330 g/mol. The van der Waals surface area contributed by atoms with Crippen molar-refractivity contribution in [2.75, 3.05) is 55.8 Å². The van der Waals surface area contributed by atoms with Crippen LogP contribution < -0.4 is 15.5 Å². The standard InChI is InChI=1S/C17H23FN6/c1-12-10-13(21-17-20-11-14(18)16(19-2)22-17)4-5-15(12)24-8-6-23(3)7-9-24/h4-5,10-11H,6-9H2,1-3H3,(H2,19,20,21,22). The van der Waals surface area contributed by atoms with Gasteiger partial charge >= 0.3 is 0 Å². The minimum atomic E-state index is -0.468. The predicted octanol–water partition coefficient (Wildman–Crippen LogP) is 2.46. The molecule has 7 heteroatoms. The maximum absolute atomic E-state index is 13.4. The molecule has 0 atom stereocenters. The summed E-state index contributed by atoms with van der Waals surface area (Å²) in [4.78, 5) is 12.8. The van der Waals surface area contributed by atoms with Crippen molar-refractivity contribution in [2.45, 2.75) is 6.92 Å². The van der Waals surface area contributed by atoms with Crippen molar-refractivity contribution >= 4 is 23.1 Å². The van der Waals surface area contributed by atoms with Crippen molar-refractivity contribution in [1.29, 1.82) is 0 Å². The minimum Gasteiger partial charge on any atom is -0.371 e. The molecule has 0 spiro atoms. The molecule has 6 nitrogen and oxygen atoms in total. The molecule has 1 aromatic carbocycles. The second-order valence-electron chi connectivity index (χ2n) is 6.06. The highest BCUT2D eigenvalue weighted by molar-refractivity contribution is 5.64. The van der Waals surface area contributed by atoms with Crippen LogP contribution in [0.3, 0.4) is 0 Å². The third-order valence-corrected chi connectivity index (χ3v) is 4.28. The van der Waals surface area contributed by atoms with E-state index in [1.807, 2.05) is 6.07 Å². The van der Waals surface area contributed by atoms with E-state index in [9.17, 15) is 4.39 Å². The fourth-order valence-corrected chi connectivity index (χ4v) is 2.87. The van der Waals surface area contributed by atoms with Gasteiger partial charge in [0.15, 0.2) is 11.6 Å². The second-order valence-corrected chi connectivity index (χ2v) is 6.06. The lowest BCUT2D eigenvalue weighted by atomic mass is 10.1. The molecule has 1 aliphatic heterocycles. The molecule has 2 N–H and O–H groups in total. The Kier molecular flexibility index (Phi) is 4.80. The molecular formula is C17H23FN6. The molecule has 1 fully saturated rings. The van der Waals surface area contributed by atoms with Gasteiger partial charge in [0.1, 0.15) is 0 Å². The smallest absolute Gasteiger partial charge is 0.229 e. The van der Waals surface area contributed by atoms with Crippen LogP contribution in [0, 0.1) is 12.7 Å². The monoisotopic (exact) mass is 330 g/mol. The highest BCUT2D eigenvalue weighted by atomic mass is 19.1. The van der Waals surface area contributed by atoms with E-state index >= 15 is 0 Å². The summed E-state index contributed by atoms with van der Waals surface area (Å²) < 4.78 is 13.4. The lowest BCUT2D eigenvalue weighted by Gasteiger charge is -2.35. The summed E-state index contributed by atoms with van der Waals surface area (Å²) in [6.45, 7) is 6.34. The van der Waals surface area contributed by atoms with E-state index < -0.39 is 5.82 Å². The number of likely N-dealkylation sites (N-methyl/N-ethyl adjacent to an activating group) is 1. The highest BCUT2D eigenvalue weighted by Gasteiger charge is 2.16. The quantitative estimate of drug-likeness (QED) is 0.898. The molecule has 0 saturated carbocycles. The summed E-state index contributed by atoms with van der Waals surface area (Å²) in [6, 6.07) is 6.19. The van der Waals surface area contributed by atoms with Crippen LogP contribution in [-0.4, -0.2) is 55.1 Å². The summed E-state index contributed by atoms with van der Waals surface area (Å²) >= 11 is 0. The summed E-state index contributed by atoms with van der Waals surface area (Å²) in [6.07, 6.45) is 1.16. The number of aryl methyl sites for hydroxylation is 1. The van der Waals surface area contributed by atoms with Crippen LogP contribution in [0.4, 0.5) is 27.5 Å². The van der Waals surface area contributed by atoms with Crippen LogP contribution in [0.25, 0.3) is 0 Å². The zero-order valence-electron chi connectivity index (χ0n) is 14.3. The highest BCUT2D eigenvalue weighted by Crippen LogP contribution is 2.26. The topological polar surface area (TPSA) is 56.3 Å². The Morgan fingerprint density at radius 3 is 2.58 bits per heavy atom. The maximum atomic E-state index is 13.4. The van der Waals surface area contributed by atoms with E-state index in [0.29, 0.717) is 5.95 Å². The number of hydrogen-bond acceptors (Lipinski definition) is 6. The van der Waals surface area contributed by atoms with E-state index in [4.69, 9.17) is 0 Å². The summed E-state index contributed by atoms with van der Waals surface area (Å²) in [5, 5.41) is 5.84. The molecule has 1 aliphatic rings. The summed E-state index contributed by atoms with van der Waals surface area (Å²) in [5.74, 6) is 0.0791. The number of piperazine rings is 1. The van der Waals surface area contributed by atoms with Gasteiger partial charge in [-0.3, -0.25) is 0 Å². The lowest BCUT2D eigenvalue weighted by molar-refractivity contribution is 0.312. The van der Waals surface area contributed by atoms with Gasteiger partial charge in [-0.25, -0.2) is 9.37 Å². The summed E-state index contributed by atoms with van der Waals surface area (Å²) in [5.41, 5.74) is 3.34. The number of hydrogen-bond donors (Lipinski definition) is 2. The zero-order chi connectivity index (χ0) is 17.1. The van der Waals surface area contributed by atoms with Gasteiger partial charge in [-0.05, 0) is 37.7 Å². The van der Waals surface area contributed by atoms with Gasteiger partial charge in [-0.15, -0.1) is 0 Å². The predicted molar refractivity (Wildman–Crippen MR) is 95.7 cm³/mol. The molecule has 1 aromatic heterocycles. The number of nitrogens with zero attached hydrogens (tertiary/aromatic N) is 4. The van der Waals surface area contributed by atoms with E-state index in [1.165, 1.54) is 11.3 Å². The number of aromatic nitrogens is 2. The van der Waals surface area contributed by atoms with Gasteiger partial charge in [0.2, 0.25) is 5.95 Å². The first kappa shape index (κ1) is 16.4. The molecule has 3 rings (SSSR count). The SMILES string of the molecule is CNc1nc(Nc2ccc(N3CCN(C)CC3)c(C)c2)ncc1F. The van der Waals surface area contributed by atoms with Crippen LogP contribution in [0.5, 0.6) is 0 Å². The lowest BCUT2D eigenvalue weighted by Crippen LogP contribution is -2.44. The minimum absolute atomic E-state index is 0.179. The van der Waals surface area contributed by atoms with Gasteiger partial charge < -0.3 is 20.4 Å². The largest absolute Gasteiger partial charge is 0.371 e. The van der Waals surface area contributed by atoms with Crippen molar-refractivity contribution in [1.82, 2.24) is 14.9 Å². The molecule has 0 bridgehead atoms. The number of anilines is 4. The average Bonchev–Trinajstić information content (AvgIpc) is 2.58. The van der Waals surface area contributed by atoms with Gasteiger partial charge in [0, 0.05) is 44.6 Å². The van der Waals surface area contributed by atoms with E-state index in [-0.39, 0.29) is 5.82 Å². The number of halogens is 1. The second kappa shape index (κ2) is 7.00. The molecule has 0 unspecified atom stereocenters. The number of rotatable bonds is 4. The Balaban J connectivity index is 1.75. The molecule has 2 aromatic rings. The fourth-order valence-electron chi connectivity index (χ4n) is 2.87. The van der Waals surface area contributed by atoms with Crippen LogP contribution >= 0.6 is 0 Å².